The lowest BCUT2D eigenvalue weighted by molar-refractivity contribution is -0.288. The highest BCUT2D eigenvalue weighted by Crippen LogP contribution is 2.56. The third kappa shape index (κ3) is 7.29. The van der Waals surface area contributed by atoms with Gasteiger partial charge in [0.05, 0.1) is 6.26 Å². The molecule has 0 saturated heterocycles. The molecule has 0 fully saturated rings. The van der Waals surface area contributed by atoms with Gasteiger partial charge in [-0.2, -0.15) is 56.3 Å². The van der Waals surface area contributed by atoms with Crippen LogP contribution in [0.3, 0.4) is 0 Å². The Hall–Kier alpha value is -5.29. The van der Waals surface area contributed by atoms with E-state index in [1.54, 1.807) is 24.3 Å². The molecule has 0 bridgehead atoms. The molecule has 0 spiro atoms. The number of halogens is 9. The average Bonchev–Trinajstić information content (AvgIpc) is 3.06. The molecule has 17 heteroatoms. The second kappa shape index (κ2) is 13.2. The van der Waals surface area contributed by atoms with Crippen molar-refractivity contribution in [3.63, 3.8) is 0 Å². The molecule has 6 aromatic carbocycles. The van der Waals surface area contributed by atoms with Gasteiger partial charge in [-0.15, -0.1) is 0 Å². The van der Waals surface area contributed by atoms with Crippen LogP contribution in [0.2, 0.25) is 0 Å². The van der Waals surface area contributed by atoms with E-state index in [0.29, 0.717) is 32.8 Å². The van der Waals surface area contributed by atoms with Gasteiger partial charge in [-0.25, -0.2) is 0 Å². The Balaban J connectivity index is 1.33. The third-order valence-corrected chi connectivity index (χ3v) is 9.99. The minimum atomic E-state index is -5.93. The molecule has 0 heterocycles. The summed E-state index contributed by atoms with van der Waals surface area (Å²) in [5, 5.41) is 1.75. The first-order valence-electron chi connectivity index (χ1n) is 15.3. The largest absolute Gasteiger partial charge is 0.534 e. The normalized spacial score (nSPS) is 13.3. The van der Waals surface area contributed by atoms with E-state index in [2.05, 4.69) is 4.18 Å². The van der Waals surface area contributed by atoms with Crippen LogP contribution >= 0.6 is 0 Å². The van der Waals surface area contributed by atoms with Crippen molar-refractivity contribution in [1.29, 1.82) is 0 Å². The summed E-state index contributed by atoms with van der Waals surface area (Å²) in [6, 6.07) is 24.0. The predicted molar refractivity (Wildman–Crippen MR) is 183 cm³/mol. The van der Waals surface area contributed by atoms with Crippen molar-refractivity contribution >= 4 is 41.8 Å². The highest BCUT2D eigenvalue weighted by molar-refractivity contribution is 7.88. The molecule has 0 unspecified atom stereocenters. The van der Waals surface area contributed by atoms with Gasteiger partial charge >= 0.3 is 38.1 Å². The summed E-state index contributed by atoms with van der Waals surface area (Å²) in [4.78, 5) is 0. The van der Waals surface area contributed by atoms with Gasteiger partial charge in [0.15, 0.2) is 0 Å². The maximum Gasteiger partial charge on any atom is 0.534 e. The van der Waals surface area contributed by atoms with Crippen molar-refractivity contribution in [2.75, 3.05) is 6.26 Å². The van der Waals surface area contributed by atoms with Crippen LogP contribution < -0.4 is 8.37 Å². The van der Waals surface area contributed by atoms with Gasteiger partial charge in [0.1, 0.15) is 11.5 Å². The van der Waals surface area contributed by atoms with Crippen LogP contribution in [0.15, 0.2) is 121 Å². The van der Waals surface area contributed by atoms with Gasteiger partial charge in [-0.1, -0.05) is 84.9 Å². The van der Waals surface area contributed by atoms with E-state index in [0.717, 1.165) is 66.9 Å². The van der Waals surface area contributed by atoms with Crippen molar-refractivity contribution in [3.8, 4) is 33.8 Å². The van der Waals surface area contributed by atoms with Crippen LogP contribution in [0.1, 0.15) is 11.1 Å². The molecule has 0 radical (unpaired) electrons. The fraction of sp³-hybridized carbons (Fsp3) is 0.135. The zero-order chi connectivity index (χ0) is 39.5. The third-order valence-electron chi connectivity index (χ3n) is 8.51. The van der Waals surface area contributed by atoms with Crippen molar-refractivity contribution in [3.05, 3.63) is 132 Å². The molecule has 54 heavy (non-hydrogen) atoms. The predicted octanol–water partition coefficient (Wildman–Crippen LogP) is 10.3. The van der Waals surface area contributed by atoms with Crippen LogP contribution in [0.4, 0.5) is 39.5 Å². The number of fused-ring (bicyclic) bond motifs is 2. The standard InChI is InChI=1S/C37H23F9O6S2/c1-53(47,48)51-32-16-10-26-18-24(2-4-28(26)20-32)22-6-12-30(13-7-22)34(35(38,39)40,36(41,42)43)31-14-8-23(9-15-31)25-3-5-29-21-33(17-11-27(29)19-25)52-54(49,50)37(44,45)46/h2-21H,1H3. The Kier molecular flexibility index (Phi) is 9.41. The summed E-state index contributed by atoms with van der Waals surface area (Å²) in [6.45, 7) is 0. The summed E-state index contributed by atoms with van der Waals surface area (Å²) in [5.41, 5.74) is -11.0. The van der Waals surface area contributed by atoms with Gasteiger partial charge in [0.25, 0.3) is 0 Å². The van der Waals surface area contributed by atoms with E-state index < -0.39 is 60.4 Å². The second-order valence-electron chi connectivity index (χ2n) is 12.1. The van der Waals surface area contributed by atoms with E-state index in [9.17, 15) is 56.3 Å². The Morgan fingerprint density at radius 2 is 0.759 bits per heavy atom. The first-order valence-corrected chi connectivity index (χ1v) is 18.5. The molecule has 6 nitrogen and oxygen atoms in total. The number of rotatable bonds is 8. The molecular formula is C37H23F9O6S2. The first kappa shape index (κ1) is 38.4. The van der Waals surface area contributed by atoms with Crippen LogP contribution in [0.25, 0.3) is 43.8 Å². The number of alkyl halides is 9. The molecule has 0 N–H and O–H groups in total. The van der Waals surface area contributed by atoms with Crippen LogP contribution in [-0.2, 0) is 25.7 Å². The van der Waals surface area contributed by atoms with Gasteiger partial charge in [-0.05, 0) is 91.3 Å². The quantitative estimate of drug-likeness (QED) is 0.0866. The average molecular weight is 799 g/mol. The lowest BCUT2D eigenvalue weighted by Gasteiger charge is -2.38. The van der Waals surface area contributed by atoms with E-state index in [4.69, 9.17) is 4.18 Å². The Morgan fingerprint density at radius 1 is 0.426 bits per heavy atom. The van der Waals surface area contributed by atoms with Crippen molar-refractivity contribution in [2.24, 2.45) is 0 Å². The summed E-state index contributed by atoms with van der Waals surface area (Å²) in [5.74, 6) is -0.574. The molecule has 6 aromatic rings. The molecule has 0 atom stereocenters. The minimum absolute atomic E-state index is 0.0549. The molecule has 282 valence electrons. The Labute approximate surface area is 301 Å². The number of hydrogen-bond donors (Lipinski definition) is 0. The van der Waals surface area contributed by atoms with E-state index in [1.807, 2.05) is 0 Å². The fourth-order valence-corrected chi connectivity index (χ4v) is 6.97. The number of benzene rings is 6. The lowest BCUT2D eigenvalue weighted by atomic mass is 9.72. The summed E-state index contributed by atoms with van der Waals surface area (Å²) < 4.78 is 182. The highest BCUT2D eigenvalue weighted by Gasteiger charge is 2.72. The van der Waals surface area contributed by atoms with E-state index >= 15 is 0 Å². The Bertz CT molecular complexity index is 2590. The lowest BCUT2D eigenvalue weighted by Crippen LogP contribution is -2.54. The van der Waals surface area contributed by atoms with Crippen molar-refractivity contribution < 1.29 is 64.7 Å². The summed E-state index contributed by atoms with van der Waals surface area (Å²) >= 11 is 0. The summed E-state index contributed by atoms with van der Waals surface area (Å²) in [6.07, 6.45) is -10.8. The SMILES string of the molecule is CS(=O)(=O)Oc1ccc2cc(-c3ccc(C(c4ccc(-c5ccc6cc(OS(=O)(=O)C(F)(F)F)ccc6c5)cc4)(C(F)(F)F)C(F)(F)F)cc3)ccc2c1. The smallest absolute Gasteiger partial charge is 0.383 e. The molecule has 0 amide bonds. The second-order valence-corrected chi connectivity index (χ2v) is 15.2. The van der Waals surface area contributed by atoms with Gasteiger partial charge < -0.3 is 8.37 Å². The molecular weight excluding hydrogens is 776 g/mol. The Morgan fingerprint density at radius 3 is 1.11 bits per heavy atom. The van der Waals surface area contributed by atoms with E-state index in [-0.39, 0.29) is 16.7 Å². The number of hydrogen-bond acceptors (Lipinski definition) is 6. The molecule has 0 aromatic heterocycles. The fourth-order valence-electron chi connectivity index (χ4n) is 6.07. The van der Waals surface area contributed by atoms with Crippen molar-refractivity contribution in [2.45, 2.75) is 23.3 Å². The van der Waals surface area contributed by atoms with E-state index in [1.165, 1.54) is 36.4 Å². The van der Waals surface area contributed by atoms with Gasteiger partial charge in [0.2, 0.25) is 5.41 Å². The zero-order valence-corrected chi connectivity index (χ0v) is 28.8. The van der Waals surface area contributed by atoms with Crippen LogP contribution in [0, 0.1) is 0 Å². The molecule has 0 aliphatic carbocycles. The monoisotopic (exact) mass is 798 g/mol. The zero-order valence-electron chi connectivity index (χ0n) is 27.2. The van der Waals surface area contributed by atoms with Crippen LogP contribution in [-0.4, -0.2) is 41.0 Å². The molecule has 0 aliphatic heterocycles. The van der Waals surface area contributed by atoms with Gasteiger partial charge in [0, 0.05) is 0 Å². The van der Waals surface area contributed by atoms with Gasteiger partial charge in [-0.3, -0.25) is 0 Å². The van der Waals surface area contributed by atoms with Crippen LogP contribution in [0.5, 0.6) is 11.5 Å². The highest BCUT2D eigenvalue weighted by atomic mass is 32.2. The topological polar surface area (TPSA) is 86.7 Å². The maximum atomic E-state index is 14.9. The molecule has 6 rings (SSSR count). The van der Waals surface area contributed by atoms with Crippen molar-refractivity contribution in [1.82, 2.24) is 0 Å². The molecule has 0 saturated carbocycles. The molecule has 0 aliphatic rings. The minimum Gasteiger partial charge on any atom is -0.383 e. The maximum absolute atomic E-state index is 14.9. The summed E-state index contributed by atoms with van der Waals surface area (Å²) in [7, 11) is -9.72. The first-order chi connectivity index (χ1) is 25.0.